The van der Waals surface area contributed by atoms with E-state index >= 15 is 0 Å². The molecule has 5 nitrogen and oxygen atoms in total. The van der Waals surface area contributed by atoms with Crippen molar-refractivity contribution in [2.75, 3.05) is 29.9 Å². The topological polar surface area (TPSA) is 69.6 Å². The molecular formula is C15H20N2O3. The van der Waals surface area contributed by atoms with E-state index < -0.39 is 0 Å². The van der Waals surface area contributed by atoms with E-state index in [2.05, 4.69) is 10.2 Å². The van der Waals surface area contributed by atoms with Crippen molar-refractivity contribution >= 4 is 23.6 Å². The molecule has 20 heavy (non-hydrogen) atoms. The maximum atomic E-state index is 11.3. The minimum absolute atomic E-state index is 0.108. The Kier molecular flexibility index (Phi) is 4.74. The van der Waals surface area contributed by atoms with Crippen LogP contribution in [0.15, 0.2) is 12.1 Å². The van der Waals surface area contributed by atoms with Crippen molar-refractivity contribution in [2.24, 2.45) is 0 Å². The first-order valence-corrected chi connectivity index (χ1v) is 6.87. The molecule has 0 radical (unpaired) electrons. The average molecular weight is 276 g/mol. The molecule has 0 fully saturated rings. The largest absolute Gasteiger partial charge is 0.396 e. The molecule has 0 aliphatic carbocycles. The Hall–Kier alpha value is -1.88. The number of hydrogen-bond donors (Lipinski definition) is 2. The number of nitrogens with zero attached hydrogens (tertiary/aromatic N) is 1. The van der Waals surface area contributed by atoms with Gasteiger partial charge in [-0.05, 0) is 37.0 Å². The first-order chi connectivity index (χ1) is 9.65. The number of aliphatic hydroxyl groups excluding tert-OH is 1. The van der Waals surface area contributed by atoms with Crippen molar-refractivity contribution in [2.45, 2.75) is 26.2 Å². The second kappa shape index (κ2) is 6.52. The summed E-state index contributed by atoms with van der Waals surface area (Å²) in [6.45, 7) is 3.37. The Balaban J connectivity index is 2.33. The van der Waals surface area contributed by atoms with Crippen LogP contribution in [0.5, 0.6) is 0 Å². The highest BCUT2D eigenvalue weighted by Crippen LogP contribution is 2.36. The highest BCUT2D eigenvalue weighted by Gasteiger charge is 2.23. The fourth-order valence-corrected chi connectivity index (χ4v) is 2.74. The zero-order valence-corrected chi connectivity index (χ0v) is 11.7. The van der Waals surface area contributed by atoms with Crippen LogP contribution in [-0.4, -0.2) is 37.0 Å². The van der Waals surface area contributed by atoms with E-state index in [4.69, 9.17) is 5.11 Å². The molecule has 0 spiro atoms. The molecule has 2 rings (SSSR count). The molecule has 1 aromatic carbocycles. The number of aliphatic hydroxyl groups is 1. The number of fused-ring (bicyclic) bond motifs is 1. The number of amides is 1. The molecule has 0 unspecified atom stereocenters. The lowest BCUT2D eigenvalue weighted by Gasteiger charge is -2.22. The summed E-state index contributed by atoms with van der Waals surface area (Å²) in [4.78, 5) is 24.2. The predicted molar refractivity (Wildman–Crippen MR) is 78.1 cm³/mol. The van der Waals surface area contributed by atoms with Gasteiger partial charge in [-0.15, -0.1) is 0 Å². The first-order valence-electron chi connectivity index (χ1n) is 6.87. The lowest BCUT2D eigenvalue weighted by Crippen LogP contribution is -2.23. The van der Waals surface area contributed by atoms with Crippen molar-refractivity contribution in [3.8, 4) is 0 Å². The monoisotopic (exact) mass is 276 g/mol. The van der Waals surface area contributed by atoms with E-state index in [1.54, 1.807) is 6.92 Å². The highest BCUT2D eigenvalue weighted by atomic mass is 16.3. The van der Waals surface area contributed by atoms with E-state index in [1.807, 2.05) is 12.1 Å². The summed E-state index contributed by atoms with van der Waals surface area (Å²) in [5, 5.41) is 11.7. The predicted octanol–water partition coefficient (Wildman–Crippen LogP) is 1.13. The Morgan fingerprint density at radius 3 is 2.95 bits per heavy atom. The highest BCUT2D eigenvalue weighted by molar-refractivity contribution is 5.86. The van der Waals surface area contributed by atoms with Gasteiger partial charge in [-0.25, -0.2) is 0 Å². The molecular weight excluding hydrogens is 256 g/mol. The van der Waals surface area contributed by atoms with Gasteiger partial charge in [-0.2, -0.15) is 0 Å². The lowest BCUT2D eigenvalue weighted by atomic mass is 10.0. The van der Waals surface area contributed by atoms with Crippen LogP contribution in [0, 0.1) is 0 Å². The molecule has 108 valence electrons. The number of rotatable bonds is 7. The number of carbonyl (C=O) groups is 2. The molecule has 1 heterocycles. The SMILES string of the molecule is CC(=O)Cc1cc2c(c(NC=O)c1)N(CCCO)CC2. The van der Waals surface area contributed by atoms with E-state index in [0.717, 1.165) is 42.0 Å². The van der Waals surface area contributed by atoms with E-state index in [9.17, 15) is 9.59 Å². The lowest BCUT2D eigenvalue weighted by molar-refractivity contribution is -0.116. The van der Waals surface area contributed by atoms with Gasteiger partial charge in [0, 0.05) is 26.1 Å². The second-order valence-electron chi connectivity index (χ2n) is 5.11. The fraction of sp³-hybridized carbons (Fsp3) is 0.467. The van der Waals surface area contributed by atoms with Gasteiger partial charge < -0.3 is 15.3 Å². The molecule has 0 saturated carbocycles. The van der Waals surface area contributed by atoms with Gasteiger partial charge in [0.1, 0.15) is 5.78 Å². The van der Waals surface area contributed by atoms with Crippen LogP contribution < -0.4 is 10.2 Å². The van der Waals surface area contributed by atoms with Crippen LogP contribution >= 0.6 is 0 Å². The Morgan fingerprint density at radius 1 is 1.50 bits per heavy atom. The number of hydrogen-bond acceptors (Lipinski definition) is 4. The Labute approximate surface area is 118 Å². The number of nitrogens with one attached hydrogen (secondary N) is 1. The van der Waals surface area contributed by atoms with Crippen molar-refractivity contribution < 1.29 is 14.7 Å². The first kappa shape index (κ1) is 14.5. The third-order valence-electron chi connectivity index (χ3n) is 3.47. The summed E-state index contributed by atoms with van der Waals surface area (Å²) >= 11 is 0. The van der Waals surface area contributed by atoms with Gasteiger partial charge in [0.15, 0.2) is 0 Å². The van der Waals surface area contributed by atoms with Gasteiger partial charge in [-0.1, -0.05) is 6.07 Å². The van der Waals surface area contributed by atoms with E-state index in [1.165, 1.54) is 0 Å². The Morgan fingerprint density at radius 2 is 2.30 bits per heavy atom. The smallest absolute Gasteiger partial charge is 0.211 e. The maximum absolute atomic E-state index is 11.3. The second-order valence-corrected chi connectivity index (χ2v) is 5.11. The molecule has 0 atom stereocenters. The van der Waals surface area contributed by atoms with E-state index in [-0.39, 0.29) is 12.4 Å². The molecule has 0 bridgehead atoms. The minimum Gasteiger partial charge on any atom is -0.396 e. The van der Waals surface area contributed by atoms with Crippen LogP contribution in [0.2, 0.25) is 0 Å². The normalized spacial score (nSPS) is 13.2. The number of Topliss-reactive ketones (excluding diaryl/α,β-unsaturated/α-hetero) is 1. The number of benzene rings is 1. The third-order valence-corrected chi connectivity index (χ3v) is 3.47. The third kappa shape index (κ3) is 3.17. The van der Waals surface area contributed by atoms with Gasteiger partial charge in [0.05, 0.1) is 11.4 Å². The van der Waals surface area contributed by atoms with Crippen LogP contribution in [0.25, 0.3) is 0 Å². The average Bonchev–Trinajstić information content (AvgIpc) is 2.79. The summed E-state index contributed by atoms with van der Waals surface area (Å²) in [6.07, 6.45) is 2.66. The fourth-order valence-electron chi connectivity index (χ4n) is 2.74. The quantitative estimate of drug-likeness (QED) is 0.733. The standard InChI is InChI=1S/C15H20N2O3/c1-11(20)7-12-8-13-3-5-17(4-2-6-18)15(13)14(9-12)16-10-19/h8-10,18H,2-7H2,1H3,(H,16,19). The summed E-state index contributed by atoms with van der Waals surface area (Å²) in [6, 6.07) is 3.91. The molecule has 2 N–H and O–H groups in total. The summed E-state index contributed by atoms with van der Waals surface area (Å²) in [7, 11) is 0. The number of anilines is 2. The van der Waals surface area contributed by atoms with Crippen molar-refractivity contribution in [1.82, 2.24) is 0 Å². The molecule has 1 aliphatic heterocycles. The molecule has 1 aliphatic rings. The Bertz CT molecular complexity index is 514. The number of ketones is 1. The van der Waals surface area contributed by atoms with Crippen LogP contribution in [-0.2, 0) is 22.4 Å². The molecule has 0 aromatic heterocycles. The summed E-state index contributed by atoms with van der Waals surface area (Å²) in [5.74, 6) is 0.108. The van der Waals surface area contributed by atoms with Gasteiger partial charge >= 0.3 is 0 Å². The molecule has 1 amide bonds. The van der Waals surface area contributed by atoms with Crippen LogP contribution in [0.4, 0.5) is 11.4 Å². The summed E-state index contributed by atoms with van der Waals surface area (Å²) < 4.78 is 0. The van der Waals surface area contributed by atoms with Crippen molar-refractivity contribution in [1.29, 1.82) is 0 Å². The van der Waals surface area contributed by atoms with Crippen molar-refractivity contribution in [3.63, 3.8) is 0 Å². The minimum atomic E-state index is 0.108. The zero-order valence-electron chi connectivity index (χ0n) is 11.7. The summed E-state index contributed by atoms with van der Waals surface area (Å²) in [5.41, 5.74) is 3.87. The number of carbonyl (C=O) groups excluding carboxylic acids is 2. The van der Waals surface area contributed by atoms with Gasteiger partial charge in [0.25, 0.3) is 0 Å². The van der Waals surface area contributed by atoms with Gasteiger partial charge in [-0.3, -0.25) is 9.59 Å². The van der Waals surface area contributed by atoms with Gasteiger partial charge in [0.2, 0.25) is 6.41 Å². The van der Waals surface area contributed by atoms with Crippen LogP contribution in [0.1, 0.15) is 24.5 Å². The molecule has 5 heteroatoms. The molecule has 1 aromatic rings. The van der Waals surface area contributed by atoms with E-state index in [0.29, 0.717) is 19.3 Å². The van der Waals surface area contributed by atoms with Crippen molar-refractivity contribution in [3.05, 3.63) is 23.3 Å². The maximum Gasteiger partial charge on any atom is 0.211 e. The molecule has 0 saturated heterocycles. The zero-order chi connectivity index (χ0) is 14.5. The van der Waals surface area contributed by atoms with Crippen LogP contribution in [0.3, 0.4) is 0 Å².